The molecule has 6 nitrogen and oxygen atoms in total. The number of hydrogen-bond acceptors (Lipinski definition) is 5. The first-order valence-electron chi connectivity index (χ1n) is 10.2. The van der Waals surface area contributed by atoms with Crippen molar-refractivity contribution in [2.75, 3.05) is 5.75 Å². The van der Waals surface area contributed by atoms with E-state index in [-0.39, 0.29) is 11.7 Å². The molecule has 1 heterocycles. The Morgan fingerprint density at radius 1 is 1.16 bits per heavy atom. The smallest absolute Gasteiger partial charge is 0.250 e. The molecular weight excluding hydrogens is 442 g/mol. The molecule has 1 N–H and O–H groups in total. The normalized spacial score (nSPS) is 12.0. The molecule has 0 saturated carbocycles. The number of hydrazone groups is 1. The third kappa shape index (κ3) is 6.55. The van der Waals surface area contributed by atoms with Gasteiger partial charge in [0.25, 0.3) is 5.91 Å². The summed E-state index contributed by atoms with van der Waals surface area (Å²) in [5.41, 5.74) is 6.81. The van der Waals surface area contributed by atoms with Gasteiger partial charge in [-0.05, 0) is 53.8 Å². The van der Waals surface area contributed by atoms with Crippen molar-refractivity contribution in [2.45, 2.75) is 31.8 Å². The number of benzene rings is 2. The molecule has 0 aliphatic carbocycles. The van der Waals surface area contributed by atoms with E-state index in [0.717, 1.165) is 16.7 Å². The summed E-state index contributed by atoms with van der Waals surface area (Å²) >= 11 is 7.24. The highest BCUT2D eigenvalue weighted by atomic mass is 35.5. The van der Waals surface area contributed by atoms with Crippen LogP contribution in [-0.4, -0.2) is 32.6 Å². The highest BCUT2D eigenvalue weighted by molar-refractivity contribution is 7.99. The second-order valence-electron chi connectivity index (χ2n) is 7.66. The number of thioether (sulfide) groups is 1. The van der Waals surface area contributed by atoms with Crippen LogP contribution in [-0.2, 0) is 11.8 Å². The number of aromatic nitrogens is 3. The molecule has 0 aliphatic heterocycles. The van der Waals surface area contributed by atoms with Crippen molar-refractivity contribution < 1.29 is 4.79 Å². The third-order valence-electron chi connectivity index (χ3n) is 4.72. The lowest BCUT2D eigenvalue weighted by Gasteiger charge is -2.05. The molecule has 166 valence electrons. The minimum Gasteiger partial charge on any atom is -0.305 e. The number of hydrogen-bond donors (Lipinski definition) is 1. The lowest BCUT2D eigenvalue weighted by Crippen LogP contribution is -2.19. The van der Waals surface area contributed by atoms with Gasteiger partial charge >= 0.3 is 0 Å². The van der Waals surface area contributed by atoms with Gasteiger partial charge in [-0.2, -0.15) is 5.10 Å². The standard InChI is InChI=1S/C24H26ClN5OS/c1-16(2)19-7-5-18(6-8-19)13-17(3)14-26-27-22(31)15-32-24-29-28-23(30(24)4)20-9-11-21(25)12-10-20/h5-14,16H,15H2,1-4H3,(H,27,31)/b17-13+,26-14+. The van der Waals surface area contributed by atoms with Crippen LogP contribution in [0.4, 0.5) is 0 Å². The van der Waals surface area contributed by atoms with E-state index < -0.39 is 0 Å². The SMILES string of the molecule is CC(/C=N/NC(=O)CSc1nnc(-c2ccc(Cl)cc2)n1C)=C\c1ccc(C(C)C)cc1. The van der Waals surface area contributed by atoms with Crippen LogP contribution in [0.1, 0.15) is 37.8 Å². The number of rotatable bonds is 8. The molecule has 1 aromatic heterocycles. The summed E-state index contributed by atoms with van der Waals surface area (Å²) in [5.74, 6) is 1.19. The molecule has 1 amide bonds. The number of carbonyl (C=O) groups excluding carboxylic acids is 1. The van der Waals surface area contributed by atoms with Gasteiger partial charge < -0.3 is 4.57 Å². The summed E-state index contributed by atoms with van der Waals surface area (Å²) in [4.78, 5) is 12.1. The van der Waals surface area contributed by atoms with Crippen LogP contribution in [0.25, 0.3) is 17.5 Å². The molecule has 2 aromatic carbocycles. The van der Waals surface area contributed by atoms with E-state index >= 15 is 0 Å². The van der Waals surface area contributed by atoms with E-state index in [9.17, 15) is 4.79 Å². The van der Waals surface area contributed by atoms with Gasteiger partial charge in [0.05, 0.1) is 12.0 Å². The number of carbonyl (C=O) groups is 1. The lowest BCUT2D eigenvalue weighted by molar-refractivity contribution is -0.118. The Morgan fingerprint density at radius 2 is 1.84 bits per heavy atom. The Labute approximate surface area is 197 Å². The molecule has 0 atom stereocenters. The fraction of sp³-hybridized carbons (Fsp3) is 0.250. The van der Waals surface area contributed by atoms with Crippen LogP contribution < -0.4 is 5.43 Å². The quantitative estimate of drug-likeness (QED) is 0.267. The Morgan fingerprint density at radius 3 is 2.50 bits per heavy atom. The minimum absolute atomic E-state index is 0.184. The fourth-order valence-electron chi connectivity index (χ4n) is 2.94. The van der Waals surface area contributed by atoms with E-state index in [2.05, 4.69) is 58.8 Å². The van der Waals surface area contributed by atoms with Crippen LogP contribution in [0.15, 0.2) is 64.4 Å². The summed E-state index contributed by atoms with van der Waals surface area (Å²) < 4.78 is 1.85. The zero-order valence-corrected chi connectivity index (χ0v) is 20.1. The van der Waals surface area contributed by atoms with Crippen molar-refractivity contribution in [1.29, 1.82) is 0 Å². The van der Waals surface area contributed by atoms with Crippen molar-refractivity contribution in [3.8, 4) is 11.4 Å². The number of nitrogens with zero attached hydrogens (tertiary/aromatic N) is 4. The number of allylic oxidation sites excluding steroid dienone is 1. The van der Waals surface area contributed by atoms with Crippen molar-refractivity contribution in [3.05, 3.63) is 70.3 Å². The second kappa shape index (κ2) is 11.1. The molecule has 0 bridgehead atoms. The highest BCUT2D eigenvalue weighted by Crippen LogP contribution is 2.23. The molecule has 0 aliphatic rings. The van der Waals surface area contributed by atoms with Gasteiger partial charge in [-0.3, -0.25) is 4.79 Å². The van der Waals surface area contributed by atoms with Crippen molar-refractivity contribution in [1.82, 2.24) is 20.2 Å². The van der Waals surface area contributed by atoms with Crippen LogP contribution in [0, 0.1) is 0 Å². The maximum Gasteiger partial charge on any atom is 0.250 e. The van der Waals surface area contributed by atoms with Gasteiger partial charge in [0.2, 0.25) is 0 Å². The van der Waals surface area contributed by atoms with E-state index in [1.54, 1.807) is 18.3 Å². The number of halogens is 1. The van der Waals surface area contributed by atoms with E-state index in [1.807, 2.05) is 36.7 Å². The Balaban J connectivity index is 1.51. The van der Waals surface area contributed by atoms with Gasteiger partial charge in [-0.15, -0.1) is 10.2 Å². The lowest BCUT2D eigenvalue weighted by atomic mass is 10.0. The molecule has 3 rings (SSSR count). The first-order valence-corrected chi connectivity index (χ1v) is 11.6. The summed E-state index contributed by atoms with van der Waals surface area (Å²) in [6.07, 6.45) is 3.66. The van der Waals surface area contributed by atoms with Crippen molar-refractivity contribution in [2.24, 2.45) is 12.1 Å². The molecular formula is C24H26ClN5OS. The zero-order chi connectivity index (χ0) is 23.1. The maximum atomic E-state index is 12.1. The second-order valence-corrected chi connectivity index (χ2v) is 9.04. The number of amides is 1. The van der Waals surface area contributed by atoms with Crippen LogP contribution in [0.5, 0.6) is 0 Å². The minimum atomic E-state index is -0.212. The van der Waals surface area contributed by atoms with Crippen LogP contribution >= 0.6 is 23.4 Å². The van der Waals surface area contributed by atoms with Gasteiger partial charge in [-0.1, -0.05) is 67.6 Å². The van der Waals surface area contributed by atoms with Crippen molar-refractivity contribution in [3.63, 3.8) is 0 Å². The van der Waals surface area contributed by atoms with Gasteiger partial charge in [0.1, 0.15) is 0 Å². The topological polar surface area (TPSA) is 72.2 Å². The third-order valence-corrected chi connectivity index (χ3v) is 6.00. The highest BCUT2D eigenvalue weighted by Gasteiger charge is 2.12. The molecule has 0 saturated heterocycles. The zero-order valence-electron chi connectivity index (χ0n) is 18.5. The first kappa shape index (κ1) is 23.8. The van der Waals surface area contributed by atoms with E-state index in [4.69, 9.17) is 11.6 Å². The molecule has 0 spiro atoms. The predicted molar refractivity (Wildman–Crippen MR) is 133 cm³/mol. The fourth-order valence-corrected chi connectivity index (χ4v) is 3.77. The summed E-state index contributed by atoms with van der Waals surface area (Å²) in [6.45, 7) is 6.29. The summed E-state index contributed by atoms with van der Waals surface area (Å²) in [6, 6.07) is 15.8. The van der Waals surface area contributed by atoms with Gasteiger partial charge in [0, 0.05) is 17.6 Å². The molecule has 32 heavy (non-hydrogen) atoms. The first-order chi connectivity index (χ1) is 15.3. The van der Waals surface area contributed by atoms with Gasteiger partial charge in [0.15, 0.2) is 11.0 Å². The van der Waals surface area contributed by atoms with Crippen LogP contribution in [0.2, 0.25) is 5.02 Å². The largest absolute Gasteiger partial charge is 0.305 e. The molecule has 3 aromatic rings. The van der Waals surface area contributed by atoms with E-state index in [0.29, 0.717) is 21.9 Å². The Hall–Kier alpha value is -2.90. The number of nitrogens with one attached hydrogen (secondary N) is 1. The Bertz CT molecular complexity index is 1120. The van der Waals surface area contributed by atoms with Crippen LogP contribution in [0.3, 0.4) is 0 Å². The maximum absolute atomic E-state index is 12.1. The van der Waals surface area contributed by atoms with Crippen molar-refractivity contribution >= 4 is 41.6 Å². The average Bonchev–Trinajstić information content (AvgIpc) is 3.13. The molecule has 0 radical (unpaired) electrons. The Kier molecular flexibility index (Phi) is 8.25. The van der Waals surface area contributed by atoms with E-state index in [1.165, 1.54) is 17.3 Å². The summed E-state index contributed by atoms with van der Waals surface area (Å²) in [5, 5.41) is 13.7. The average molecular weight is 468 g/mol. The molecule has 0 fully saturated rings. The molecule has 0 unspecified atom stereocenters. The monoisotopic (exact) mass is 467 g/mol. The summed E-state index contributed by atoms with van der Waals surface area (Å²) in [7, 11) is 1.87. The van der Waals surface area contributed by atoms with Gasteiger partial charge in [-0.25, -0.2) is 5.43 Å². The predicted octanol–water partition coefficient (Wildman–Crippen LogP) is 5.56. The molecule has 8 heteroatoms.